The van der Waals surface area contributed by atoms with E-state index < -0.39 is 28.8 Å². The number of nitrogens with one attached hydrogen (secondary N) is 1. The molecule has 0 bridgehead atoms. The number of nitrogens with zero attached hydrogens (tertiary/aromatic N) is 1. The molecule has 0 radical (unpaired) electrons. The van der Waals surface area contributed by atoms with E-state index in [1.54, 1.807) is 13.0 Å². The fourth-order valence-electron chi connectivity index (χ4n) is 1.44. The van der Waals surface area contributed by atoms with Crippen LogP contribution < -0.4 is 5.32 Å². The van der Waals surface area contributed by atoms with Crippen LogP contribution in [0, 0.1) is 16.0 Å². The SMILES string of the molecule is CC(C(=O)O)C(=O)NC(C)c1cccc([N+](=O)[O-])c1. The van der Waals surface area contributed by atoms with Gasteiger partial charge in [-0.05, 0) is 19.4 Å². The molecule has 0 aliphatic carbocycles. The lowest BCUT2D eigenvalue weighted by molar-refractivity contribution is -0.384. The van der Waals surface area contributed by atoms with Crippen LogP contribution in [-0.4, -0.2) is 21.9 Å². The van der Waals surface area contributed by atoms with Gasteiger partial charge in [0.05, 0.1) is 11.0 Å². The number of nitro benzene ring substituents is 1. The number of amides is 1. The summed E-state index contributed by atoms with van der Waals surface area (Å²) in [6.07, 6.45) is 0. The van der Waals surface area contributed by atoms with Crippen molar-refractivity contribution in [1.29, 1.82) is 0 Å². The average Bonchev–Trinajstić information content (AvgIpc) is 2.37. The maximum Gasteiger partial charge on any atom is 0.315 e. The minimum atomic E-state index is -1.22. The third-order valence-corrected chi connectivity index (χ3v) is 2.70. The summed E-state index contributed by atoms with van der Waals surface area (Å²) in [5.41, 5.74) is 0.463. The van der Waals surface area contributed by atoms with E-state index in [1.807, 2.05) is 0 Å². The van der Waals surface area contributed by atoms with Crippen LogP contribution in [0.15, 0.2) is 24.3 Å². The highest BCUT2D eigenvalue weighted by atomic mass is 16.6. The zero-order chi connectivity index (χ0) is 14.6. The molecule has 0 aliphatic rings. The lowest BCUT2D eigenvalue weighted by Gasteiger charge is -2.15. The Labute approximate surface area is 109 Å². The fourth-order valence-corrected chi connectivity index (χ4v) is 1.44. The smallest absolute Gasteiger partial charge is 0.315 e. The Hall–Kier alpha value is -2.44. The maximum absolute atomic E-state index is 11.6. The van der Waals surface area contributed by atoms with E-state index in [2.05, 4.69) is 5.32 Å². The van der Waals surface area contributed by atoms with Gasteiger partial charge in [0.15, 0.2) is 0 Å². The summed E-state index contributed by atoms with van der Waals surface area (Å²) in [5.74, 6) is -3.02. The summed E-state index contributed by atoms with van der Waals surface area (Å²) in [6.45, 7) is 2.91. The van der Waals surface area contributed by atoms with Crippen molar-refractivity contribution >= 4 is 17.6 Å². The van der Waals surface area contributed by atoms with Gasteiger partial charge in [-0.1, -0.05) is 12.1 Å². The van der Waals surface area contributed by atoms with Crippen LogP contribution in [0.5, 0.6) is 0 Å². The molecule has 0 fully saturated rings. The van der Waals surface area contributed by atoms with Crippen LogP contribution in [0.25, 0.3) is 0 Å². The molecule has 7 nitrogen and oxygen atoms in total. The van der Waals surface area contributed by atoms with Crippen LogP contribution in [0.4, 0.5) is 5.69 Å². The summed E-state index contributed by atoms with van der Waals surface area (Å²) in [7, 11) is 0. The zero-order valence-electron chi connectivity index (χ0n) is 10.5. The predicted molar refractivity (Wildman–Crippen MR) is 66.5 cm³/mol. The number of carbonyl (C=O) groups is 2. The zero-order valence-corrected chi connectivity index (χ0v) is 10.5. The molecule has 1 amide bonds. The van der Waals surface area contributed by atoms with E-state index in [0.717, 1.165) is 0 Å². The van der Waals surface area contributed by atoms with Gasteiger partial charge in [0, 0.05) is 12.1 Å². The molecule has 0 aliphatic heterocycles. The van der Waals surface area contributed by atoms with Crippen LogP contribution in [0.2, 0.25) is 0 Å². The van der Waals surface area contributed by atoms with E-state index in [4.69, 9.17) is 5.11 Å². The molecule has 102 valence electrons. The Kier molecular flexibility index (Phi) is 4.57. The first-order chi connectivity index (χ1) is 8.82. The highest BCUT2D eigenvalue weighted by molar-refractivity contribution is 5.96. The predicted octanol–water partition coefficient (Wildman–Crippen LogP) is 1.49. The number of non-ortho nitro benzene ring substituents is 1. The molecule has 1 rings (SSSR count). The van der Waals surface area contributed by atoms with Gasteiger partial charge >= 0.3 is 5.97 Å². The number of rotatable bonds is 5. The summed E-state index contributed by atoms with van der Waals surface area (Å²) >= 11 is 0. The Morgan fingerprint density at radius 1 is 1.37 bits per heavy atom. The molecule has 7 heteroatoms. The van der Waals surface area contributed by atoms with Gasteiger partial charge in [0.25, 0.3) is 5.69 Å². The monoisotopic (exact) mass is 266 g/mol. The molecule has 1 aromatic rings. The van der Waals surface area contributed by atoms with Crippen molar-refractivity contribution in [2.45, 2.75) is 19.9 Å². The molecule has 1 aromatic carbocycles. The maximum atomic E-state index is 11.6. The highest BCUT2D eigenvalue weighted by Crippen LogP contribution is 2.19. The van der Waals surface area contributed by atoms with Crippen LogP contribution >= 0.6 is 0 Å². The third kappa shape index (κ3) is 3.77. The summed E-state index contributed by atoms with van der Waals surface area (Å²) in [4.78, 5) is 32.3. The molecule has 0 spiro atoms. The van der Waals surface area contributed by atoms with Crippen molar-refractivity contribution in [3.8, 4) is 0 Å². The molecule has 0 heterocycles. The van der Waals surface area contributed by atoms with Gasteiger partial charge in [-0.2, -0.15) is 0 Å². The van der Waals surface area contributed by atoms with Crippen LogP contribution in [-0.2, 0) is 9.59 Å². The molecule has 2 atom stereocenters. The van der Waals surface area contributed by atoms with E-state index in [0.29, 0.717) is 5.56 Å². The number of carboxylic acids is 1. The van der Waals surface area contributed by atoms with E-state index >= 15 is 0 Å². The van der Waals surface area contributed by atoms with Crippen molar-refractivity contribution in [2.75, 3.05) is 0 Å². The van der Waals surface area contributed by atoms with Crippen molar-refractivity contribution in [1.82, 2.24) is 5.32 Å². The van der Waals surface area contributed by atoms with E-state index in [1.165, 1.54) is 25.1 Å². The fraction of sp³-hybridized carbons (Fsp3) is 0.333. The first kappa shape index (κ1) is 14.6. The Morgan fingerprint density at radius 2 is 2.00 bits per heavy atom. The number of carbonyl (C=O) groups excluding carboxylic acids is 1. The molecule has 0 aromatic heterocycles. The number of benzene rings is 1. The molecule has 19 heavy (non-hydrogen) atoms. The van der Waals surface area contributed by atoms with Gasteiger partial charge in [-0.15, -0.1) is 0 Å². The molecular weight excluding hydrogens is 252 g/mol. The van der Waals surface area contributed by atoms with Crippen molar-refractivity contribution in [3.63, 3.8) is 0 Å². The van der Waals surface area contributed by atoms with Gasteiger partial charge < -0.3 is 10.4 Å². The van der Waals surface area contributed by atoms with Gasteiger partial charge in [-0.3, -0.25) is 19.7 Å². The number of aliphatic carboxylic acids is 1. The topological polar surface area (TPSA) is 110 Å². The Bertz CT molecular complexity index is 515. The number of hydrogen-bond acceptors (Lipinski definition) is 4. The summed E-state index contributed by atoms with van der Waals surface area (Å²) in [5, 5.41) is 21.8. The van der Waals surface area contributed by atoms with E-state index in [-0.39, 0.29) is 5.69 Å². The van der Waals surface area contributed by atoms with Crippen molar-refractivity contribution in [2.24, 2.45) is 5.92 Å². The lowest BCUT2D eigenvalue weighted by atomic mass is 10.1. The van der Waals surface area contributed by atoms with Crippen molar-refractivity contribution < 1.29 is 19.6 Å². The van der Waals surface area contributed by atoms with Crippen molar-refractivity contribution in [3.05, 3.63) is 39.9 Å². The molecule has 0 saturated heterocycles. The third-order valence-electron chi connectivity index (χ3n) is 2.70. The molecule has 2 unspecified atom stereocenters. The summed E-state index contributed by atoms with van der Waals surface area (Å²) < 4.78 is 0. The van der Waals surface area contributed by atoms with Crippen LogP contribution in [0.3, 0.4) is 0 Å². The van der Waals surface area contributed by atoms with E-state index in [9.17, 15) is 19.7 Å². The van der Waals surface area contributed by atoms with Gasteiger partial charge in [0.1, 0.15) is 5.92 Å². The number of carboxylic acid groups (broad SMARTS) is 1. The minimum Gasteiger partial charge on any atom is -0.481 e. The Balaban J connectivity index is 2.81. The quantitative estimate of drug-likeness (QED) is 0.476. The second kappa shape index (κ2) is 5.94. The second-order valence-electron chi connectivity index (χ2n) is 4.14. The average molecular weight is 266 g/mol. The van der Waals surface area contributed by atoms with Gasteiger partial charge in [0.2, 0.25) is 5.91 Å². The largest absolute Gasteiger partial charge is 0.481 e. The summed E-state index contributed by atoms with van der Waals surface area (Å²) in [6, 6.07) is 5.32. The van der Waals surface area contributed by atoms with Crippen LogP contribution in [0.1, 0.15) is 25.5 Å². The Morgan fingerprint density at radius 3 is 2.53 bits per heavy atom. The lowest BCUT2D eigenvalue weighted by Crippen LogP contribution is -2.35. The number of nitro groups is 1. The second-order valence-corrected chi connectivity index (χ2v) is 4.14. The highest BCUT2D eigenvalue weighted by Gasteiger charge is 2.22. The number of hydrogen-bond donors (Lipinski definition) is 2. The standard InChI is InChI=1S/C12H14N2O5/c1-7(12(16)17)11(15)13-8(2)9-4-3-5-10(6-9)14(18)19/h3-8H,1-2H3,(H,13,15)(H,16,17). The first-order valence-electron chi connectivity index (χ1n) is 5.60. The molecular formula is C12H14N2O5. The van der Waals surface area contributed by atoms with Gasteiger partial charge in [-0.25, -0.2) is 0 Å². The molecule has 2 N–H and O–H groups in total. The minimum absolute atomic E-state index is 0.0788. The molecule has 0 saturated carbocycles. The normalized spacial score (nSPS) is 13.4. The first-order valence-corrected chi connectivity index (χ1v) is 5.60.